The molecule has 86 valence electrons. The fourth-order valence-corrected chi connectivity index (χ4v) is 1.53. The van der Waals surface area contributed by atoms with Gasteiger partial charge >= 0.3 is 5.97 Å². The summed E-state index contributed by atoms with van der Waals surface area (Å²) in [5.41, 5.74) is 0. The number of carbonyl (C=O) groups excluding carboxylic acids is 1. The molecule has 1 saturated heterocycles. The standard InChI is InChI=1S/C9H16N2O4/c1-10-5-8(12)11-2-3-15-7(6-11)4-9(13)14/h7,10H,2-6H2,1H3,(H,13,14). The number of carboxylic acids is 1. The Kier molecular flexibility index (Phi) is 4.51. The third kappa shape index (κ3) is 3.85. The number of nitrogens with zero attached hydrogens (tertiary/aromatic N) is 1. The lowest BCUT2D eigenvalue weighted by molar-refractivity contribution is -0.147. The van der Waals surface area contributed by atoms with Crippen molar-refractivity contribution >= 4 is 11.9 Å². The predicted octanol–water partition coefficient (Wildman–Crippen LogP) is -1.09. The van der Waals surface area contributed by atoms with Gasteiger partial charge in [-0.1, -0.05) is 0 Å². The van der Waals surface area contributed by atoms with Gasteiger partial charge in [0.1, 0.15) is 0 Å². The highest BCUT2D eigenvalue weighted by Crippen LogP contribution is 2.08. The van der Waals surface area contributed by atoms with E-state index in [0.717, 1.165) is 0 Å². The minimum absolute atomic E-state index is 0.0174. The van der Waals surface area contributed by atoms with Crippen molar-refractivity contribution in [2.45, 2.75) is 12.5 Å². The van der Waals surface area contributed by atoms with E-state index in [2.05, 4.69) is 5.32 Å². The molecule has 2 N–H and O–H groups in total. The summed E-state index contributed by atoms with van der Waals surface area (Å²) in [5.74, 6) is -0.917. The number of hydrogen-bond acceptors (Lipinski definition) is 4. The highest BCUT2D eigenvalue weighted by atomic mass is 16.5. The Bertz CT molecular complexity index is 244. The molecule has 0 bridgehead atoms. The van der Waals surface area contributed by atoms with E-state index in [1.807, 2.05) is 0 Å². The largest absolute Gasteiger partial charge is 0.481 e. The van der Waals surface area contributed by atoms with E-state index in [-0.39, 0.29) is 25.0 Å². The zero-order valence-corrected chi connectivity index (χ0v) is 8.73. The summed E-state index contributed by atoms with van der Waals surface area (Å²) in [6.45, 7) is 1.59. The molecule has 0 aromatic heterocycles. The first kappa shape index (κ1) is 11.9. The van der Waals surface area contributed by atoms with E-state index in [9.17, 15) is 9.59 Å². The molecule has 0 aromatic carbocycles. The van der Waals surface area contributed by atoms with Gasteiger partial charge in [0.2, 0.25) is 5.91 Å². The van der Waals surface area contributed by atoms with Crippen molar-refractivity contribution in [2.75, 3.05) is 33.3 Å². The van der Waals surface area contributed by atoms with E-state index in [0.29, 0.717) is 19.7 Å². The lowest BCUT2D eigenvalue weighted by Gasteiger charge is -2.32. The topological polar surface area (TPSA) is 78.9 Å². The fourth-order valence-electron chi connectivity index (χ4n) is 1.53. The number of nitrogens with one attached hydrogen (secondary N) is 1. The molecule has 1 fully saturated rings. The van der Waals surface area contributed by atoms with Gasteiger partial charge in [0, 0.05) is 13.1 Å². The number of aliphatic carboxylic acids is 1. The SMILES string of the molecule is CNCC(=O)N1CCOC(CC(=O)O)C1. The van der Waals surface area contributed by atoms with E-state index < -0.39 is 5.97 Å². The van der Waals surface area contributed by atoms with Gasteiger partial charge < -0.3 is 20.1 Å². The molecule has 1 amide bonds. The second-order valence-corrected chi connectivity index (χ2v) is 3.46. The Labute approximate surface area is 88.2 Å². The molecule has 1 atom stereocenters. The Morgan fingerprint density at radius 2 is 2.33 bits per heavy atom. The molecule has 1 aliphatic rings. The highest BCUT2D eigenvalue weighted by Gasteiger charge is 2.25. The van der Waals surface area contributed by atoms with Gasteiger partial charge in [-0.15, -0.1) is 0 Å². The molecule has 6 heteroatoms. The summed E-state index contributed by atoms with van der Waals surface area (Å²) in [7, 11) is 1.70. The van der Waals surface area contributed by atoms with Crippen LogP contribution in [0.2, 0.25) is 0 Å². The van der Waals surface area contributed by atoms with E-state index in [1.165, 1.54) is 0 Å². The van der Waals surface area contributed by atoms with Crippen molar-refractivity contribution in [1.29, 1.82) is 0 Å². The minimum Gasteiger partial charge on any atom is -0.481 e. The van der Waals surface area contributed by atoms with E-state index >= 15 is 0 Å². The van der Waals surface area contributed by atoms with Crippen LogP contribution < -0.4 is 5.32 Å². The third-order valence-corrected chi connectivity index (χ3v) is 2.22. The molecule has 0 saturated carbocycles. The van der Waals surface area contributed by atoms with Crippen LogP contribution >= 0.6 is 0 Å². The first-order valence-corrected chi connectivity index (χ1v) is 4.89. The van der Waals surface area contributed by atoms with Crippen LogP contribution in [0.3, 0.4) is 0 Å². The summed E-state index contributed by atoms with van der Waals surface area (Å²) >= 11 is 0. The molecule has 0 aromatic rings. The maximum absolute atomic E-state index is 11.5. The van der Waals surface area contributed by atoms with Gasteiger partial charge in [-0.05, 0) is 7.05 Å². The van der Waals surface area contributed by atoms with Crippen molar-refractivity contribution in [3.05, 3.63) is 0 Å². The average Bonchev–Trinajstić information content (AvgIpc) is 2.17. The molecular weight excluding hydrogens is 200 g/mol. The number of amides is 1. The molecule has 1 heterocycles. The number of morpholine rings is 1. The van der Waals surface area contributed by atoms with Gasteiger partial charge in [0.15, 0.2) is 0 Å². The van der Waals surface area contributed by atoms with Crippen molar-refractivity contribution in [2.24, 2.45) is 0 Å². The second-order valence-electron chi connectivity index (χ2n) is 3.46. The van der Waals surface area contributed by atoms with Crippen molar-refractivity contribution in [1.82, 2.24) is 10.2 Å². The summed E-state index contributed by atoms with van der Waals surface area (Å²) < 4.78 is 5.25. The first-order chi connectivity index (χ1) is 7.13. The Balaban J connectivity index is 2.41. The van der Waals surface area contributed by atoms with Crippen LogP contribution in [0.15, 0.2) is 0 Å². The number of carbonyl (C=O) groups is 2. The summed E-state index contributed by atoms with van der Waals surface area (Å²) in [4.78, 5) is 23.6. The number of ether oxygens (including phenoxy) is 1. The van der Waals surface area contributed by atoms with Crippen LogP contribution in [0.5, 0.6) is 0 Å². The normalized spacial score (nSPS) is 21.4. The molecule has 1 rings (SSSR count). The highest BCUT2D eigenvalue weighted by molar-refractivity contribution is 5.78. The Hall–Kier alpha value is -1.14. The van der Waals surface area contributed by atoms with Crippen LogP contribution in [-0.2, 0) is 14.3 Å². The molecule has 1 unspecified atom stereocenters. The van der Waals surface area contributed by atoms with Crippen LogP contribution in [-0.4, -0.2) is 61.3 Å². The minimum atomic E-state index is -0.900. The molecule has 0 radical (unpaired) electrons. The number of likely N-dealkylation sites (N-methyl/N-ethyl adjacent to an activating group) is 1. The van der Waals surface area contributed by atoms with Crippen LogP contribution in [0.25, 0.3) is 0 Å². The van der Waals surface area contributed by atoms with Crippen molar-refractivity contribution < 1.29 is 19.4 Å². The van der Waals surface area contributed by atoms with E-state index in [1.54, 1.807) is 11.9 Å². The molecule has 0 aliphatic carbocycles. The number of hydrogen-bond donors (Lipinski definition) is 2. The van der Waals surface area contributed by atoms with Crippen molar-refractivity contribution in [3.8, 4) is 0 Å². The van der Waals surface area contributed by atoms with Gasteiger partial charge in [0.05, 0.1) is 25.7 Å². The van der Waals surface area contributed by atoms with Crippen LogP contribution in [0.1, 0.15) is 6.42 Å². The van der Waals surface area contributed by atoms with Gasteiger partial charge in [-0.2, -0.15) is 0 Å². The smallest absolute Gasteiger partial charge is 0.306 e. The lowest BCUT2D eigenvalue weighted by Crippen LogP contribution is -2.48. The van der Waals surface area contributed by atoms with Gasteiger partial charge in [-0.3, -0.25) is 9.59 Å². The maximum atomic E-state index is 11.5. The zero-order valence-electron chi connectivity index (χ0n) is 8.73. The maximum Gasteiger partial charge on any atom is 0.306 e. The molecule has 1 aliphatic heterocycles. The zero-order chi connectivity index (χ0) is 11.3. The van der Waals surface area contributed by atoms with Gasteiger partial charge in [0.25, 0.3) is 0 Å². The molecular formula is C9H16N2O4. The average molecular weight is 216 g/mol. The quantitative estimate of drug-likeness (QED) is 0.624. The summed E-state index contributed by atoms with van der Waals surface area (Å²) in [6, 6.07) is 0. The third-order valence-electron chi connectivity index (χ3n) is 2.22. The van der Waals surface area contributed by atoms with E-state index in [4.69, 9.17) is 9.84 Å². The number of rotatable bonds is 4. The molecule has 0 spiro atoms. The molecule has 15 heavy (non-hydrogen) atoms. The number of carboxylic acid groups (broad SMARTS) is 1. The lowest BCUT2D eigenvalue weighted by atomic mass is 10.2. The van der Waals surface area contributed by atoms with Crippen LogP contribution in [0, 0.1) is 0 Å². The van der Waals surface area contributed by atoms with Crippen molar-refractivity contribution in [3.63, 3.8) is 0 Å². The summed E-state index contributed by atoms with van der Waals surface area (Å²) in [5, 5.41) is 11.4. The summed E-state index contributed by atoms with van der Waals surface area (Å²) in [6.07, 6.45) is -0.430. The predicted molar refractivity (Wildman–Crippen MR) is 52.5 cm³/mol. The van der Waals surface area contributed by atoms with Crippen LogP contribution in [0.4, 0.5) is 0 Å². The molecule has 6 nitrogen and oxygen atoms in total. The second kappa shape index (κ2) is 5.67. The fraction of sp³-hybridized carbons (Fsp3) is 0.778. The Morgan fingerprint density at radius 1 is 1.60 bits per heavy atom. The monoisotopic (exact) mass is 216 g/mol. The Morgan fingerprint density at radius 3 is 2.93 bits per heavy atom. The van der Waals surface area contributed by atoms with Gasteiger partial charge in [-0.25, -0.2) is 0 Å². The first-order valence-electron chi connectivity index (χ1n) is 4.89.